The highest BCUT2D eigenvalue weighted by Crippen LogP contribution is 2.30. The second-order valence-electron chi connectivity index (χ2n) is 10.6. The maximum absolute atomic E-state index is 2.31. The lowest BCUT2D eigenvalue weighted by Crippen LogP contribution is -2.03. The van der Waals surface area contributed by atoms with Crippen molar-refractivity contribution < 1.29 is 0 Å². The molecule has 1 rings (SSSR count). The monoisotopic (exact) mass is 520 g/mol. The molecule has 2 heteroatoms. The van der Waals surface area contributed by atoms with Gasteiger partial charge in [0.05, 0.1) is 4.58 Å². The van der Waals surface area contributed by atoms with Gasteiger partial charge in [0.25, 0.3) is 0 Å². The zero-order valence-corrected chi connectivity index (χ0v) is 25.4. The summed E-state index contributed by atoms with van der Waals surface area (Å²) >= 11 is 4.52. The van der Waals surface area contributed by atoms with Gasteiger partial charge < -0.3 is 0 Å². The fraction of sp³-hybridized carbons (Fsp3) is 0.818. The first-order valence-corrected chi connectivity index (χ1v) is 17.7. The van der Waals surface area contributed by atoms with Gasteiger partial charge in [0.2, 0.25) is 0 Å². The first-order valence-electron chi connectivity index (χ1n) is 15.6. The molecule has 0 aromatic heterocycles. The van der Waals surface area contributed by atoms with Crippen LogP contribution in [-0.2, 0) is 6.42 Å². The van der Waals surface area contributed by atoms with E-state index in [0.29, 0.717) is 0 Å². The van der Waals surface area contributed by atoms with Crippen LogP contribution in [-0.4, -0.2) is 16.1 Å². The molecule has 0 atom stereocenters. The Kier molecular flexibility index (Phi) is 25.4. The predicted octanol–water partition coefficient (Wildman–Crippen LogP) is 12.3. The number of aryl methyl sites for hydroxylation is 1. The van der Waals surface area contributed by atoms with Gasteiger partial charge in [0.15, 0.2) is 0 Å². The Hall–Kier alpha value is -0.0800. The lowest BCUT2D eigenvalue weighted by molar-refractivity contribution is 0.563. The van der Waals surface area contributed by atoms with Gasteiger partial charge in [0, 0.05) is 0 Å². The Morgan fingerprint density at radius 3 is 1.26 bits per heavy atom. The fourth-order valence-electron chi connectivity index (χ4n) is 4.75. The standard InChI is InChI=1S/C33H60S2/c1-3-5-7-9-11-13-15-17-19-24-30-34-33(29-28-32-26-22-21-23-27-32)35-31-25-20-18-16-14-12-10-8-6-4-2/h21-23,26-27,33H,3-20,24-25,28-31H2,1-2H3. The molecule has 0 radical (unpaired) electrons. The number of unbranched alkanes of at least 4 members (excludes halogenated alkanes) is 18. The number of thioether (sulfide) groups is 2. The molecule has 0 N–H and O–H groups in total. The summed E-state index contributed by atoms with van der Waals surface area (Å²) in [6, 6.07) is 11.1. The van der Waals surface area contributed by atoms with Crippen LogP contribution in [0.2, 0.25) is 0 Å². The largest absolute Gasteiger partial charge is 0.148 e. The molecule has 0 unspecified atom stereocenters. The lowest BCUT2D eigenvalue weighted by atomic mass is 10.1. The van der Waals surface area contributed by atoms with Gasteiger partial charge >= 0.3 is 0 Å². The molecule has 0 nitrogen and oxygen atoms in total. The van der Waals surface area contributed by atoms with Crippen molar-refractivity contribution in [3.05, 3.63) is 35.9 Å². The van der Waals surface area contributed by atoms with Crippen LogP contribution < -0.4 is 0 Å². The van der Waals surface area contributed by atoms with Crippen LogP contribution in [0.15, 0.2) is 30.3 Å². The van der Waals surface area contributed by atoms with Gasteiger partial charge in [-0.15, -0.1) is 23.5 Å². The smallest absolute Gasteiger partial charge is 0.0505 e. The molecule has 0 spiro atoms. The maximum Gasteiger partial charge on any atom is 0.0505 e. The van der Waals surface area contributed by atoms with Crippen LogP contribution in [0.3, 0.4) is 0 Å². The lowest BCUT2D eigenvalue weighted by Gasteiger charge is -2.16. The van der Waals surface area contributed by atoms with E-state index >= 15 is 0 Å². The molecule has 35 heavy (non-hydrogen) atoms. The molecule has 0 saturated heterocycles. The summed E-state index contributed by atoms with van der Waals surface area (Å²) < 4.78 is 0.785. The van der Waals surface area contributed by atoms with E-state index < -0.39 is 0 Å². The Morgan fingerprint density at radius 2 is 0.857 bits per heavy atom. The molecule has 0 saturated carbocycles. The molecule has 204 valence electrons. The molecule has 1 aromatic carbocycles. The summed E-state index contributed by atoms with van der Waals surface area (Å²) in [6.07, 6.45) is 31.4. The molecule has 0 aliphatic carbocycles. The van der Waals surface area contributed by atoms with E-state index in [-0.39, 0.29) is 0 Å². The van der Waals surface area contributed by atoms with Crippen molar-refractivity contribution in [3.63, 3.8) is 0 Å². The Morgan fingerprint density at radius 1 is 0.486 bits per heavy atom. The van der Waals surface area contributed by atoms with Crippen molar-refractivity contribution in [1.82, 2.24) is 0 Å². The molecular formula is C33H60S2. The highest BCUT2D eigenvalue weighted by molar-refractivity contribution is 8.17. The van der Waals surface area contributed by atoms with Gasteiger partial charge in [-0.25, -0.2) is 0 Å². The first kappa shape index (κ1) is 32.9. The number of benzene rings is 1. The highest BCUT2D eigenvalue weighted by atomic mass is 32.2. The van der Waals surface area contributed by atoms with E-state index in [1.165, 1.54) is 158 Å². The SMILES string of the molecule is CCCCCCCCCCCCSC(CCc1ccccc1)SCCCCCCCCCCCC. The molecule has 0 amide bonds. The zero-order valence-electron chi connectivity index (χ0n) is 23.8. The van der Waals surface area contributed by atoms with Crippen molar-refractivity contribution in [2.45, 2.75) is 160 Å². The van der Waals surface area contributed by atoms with Crippen LogP contribution >= 0.6 is 23.5 Å². The second kappa shape index (κ2) is 27.0. The van der Waals surface area contributed by atoms with E-state index in [4.69, 9.17) is 0 Å². The summed E-state index contributed by atoms with van der Waals surface area (Å²) in [4.78, 5) is 0. The average molecular weight is 521 g/mol. The van der Waals surface area contributed by atoms with E-state index in [0.717, 1.165) is 4.58 Å². The van der Waals surface area contributed by atoms with Crippen molar-refractivity contribution in [3.8, 4) is 0 Å². The highest BCUT2D eigenvalue weighted by Gasteiger charge is 2.10. The summed E-state index contributed by atoms with van der Waals surface area (Å²) in [5.74, 6) is 2.72. The topological polar surface area (TPSA) is 0 Å². The average Bonchev–Trinajstić information content (AvgIpc) is 2.89. The molecule has 1 aromatic rings. The van der Waals surface area contributed by atoms with Gasteiger partial charge in [0.1, 0.15) is 0 Å². The molecule has 0 heterocycles. The third-order valence-electron chi connectivity index (χ3n) is 7.11. The summed E-state index contributed by atoms with van der Waals surface area (Å²) in [7, 11) is 0. The fourth-order valence-corrected chi connectivity index (χ4v) is 7.55. The summed E-state index contributed by atoms with van der Waals surface area (Å²) in [5, 5.41) is 0. The Bertz CT molecular complexity index is 489. The van der Waals surface area contributed by atoms with Crippen LogP contribution in [0.25, 0.3) is 0 Å². The molecule has 0 aliphatic rings. The van der Waals surface area contributed by atoms with Crippen molar-refractivity contribution in [2.24, 2.45) is 0 Å². The second-order valence-corrected chi connectivity index (χ2v) is 13.5. The van der Waals surface area contributed by atoms with Crippen molar-refractivity contribution >= 4 is 23.5 Å². The minimum atomic E-state index is 0.785. The molecule has 0 aliphatic heterocycles. The van der Waals surface area contributed by atoms with Gasteiger partial charge in [-0.2, -0.15) is 0 Å². The molecular weight excluding hydrogens is 460 g/mol. The molecule has 0 fully saturated rings. The van der Waals surface area contributed by atoms with E-state index in [9.17, 15) is 0 Å². The van der Waals surface area contributed by atoms with Crippen molar-refractivity contribution in [2.75, 3.05) is 11.5 Å². The predicted molar refractivity (Wildman–Crippen MR) is 167 cm³/mol. The normalized spacial score (nSPS) is 11.5. The van der Waals surface area contributed by atoms with Crippen LogP contribution in [0.1, 0.15) is 154 Å². The van der Waals surface area contributed by atoms with Crippen molar-refractivity contribution in [1.29, 1.82) is 0 Å². The van der Waals surface area contributed by atoms with Gasteiger partial charge in [-0.3, -0.25) is 0 Å². The summed E-state index contributed by atoms with van der Waals surface area (Å²) in [5.41, 5.74) is 1.51. The molecule has 0 bridgehead atoms. The van der Waals surface area contributed by atoms with E-state index in [1.807, 2.05) is 0 Å². The first-order chi connectivity index (χ1) is 17.4. The Labute approximate surface area is 230 Å². The summed E-state index contributed by atoms with van der Waals surface area (Å²) in [6.45, 7) is 4.61. The van der Waals surface area contributed by atoms with E-state index in [1.54, 1.807) is 0 Å². The minimum Gasteiger partial charge on any atom is -0.148 e. The van der Waals surface area contributed by atoms with Crippen LogP contribution in [0.5, 0.6) is 0 Å². The third kappa shape index (κ3) is 22.8. The van der Waals surface area contributed by atoms with Crippen LogP contribution in [0, 0.1) is 0 Å². The minimum absolute atomic E-state index is 0.785. The third-order valence-corrected chi connectivity index (χ3v) is 10.2. The zero-order chi connectivity index (χ0) is 25.1. The number of hydrogen-bond donors (Lipinski definition) is 0. The quantitative estimate of drug-likeness (QED) is 0.0835. The van der Waals surface area contributed by atoms with Crippen LogP contribution in [0.4, 0.5) is 0 Å². The van der Waals surface area contributed by atoms with E-state index in [2.05, 4.69) is 67.7 Å². The van der Waals surface area contributed by atoms with Gasteiger partial charge in [-0.1, -0.05) is 160 Å². The maximum atomic E-state index is 2.31. The Balaban J connectivity index is 2.10. The van der Waals surface area contributed by atoms with Gasteiger partial charge in [-0.05, 0) is 42.8 Å². The number of hydrogen-bond acceptors (Lipinski definition) is 2. The number of rotatable bonds is 27.